The van der Waals surface area contributed by atoms with Crippen molar-refractivity contribution < 1.29 is 14.3 Å². The van der Waals surface area contributed by atoms with Crippen molar-refractivity contribution in [2.24, 2.45) is 0 Å². The summed E-state index contributed by atoms with van der Waals surface area (Å²) < 4.78 is 10.8. The summed E-state index contributed by atoms with van der Waals surface area (Å²) in [5.41, 5.74) is 1.90. The second-order valence-corrected chi connectivity index (χ2v) is 6.07. The lowest BCUT2D eigenvalue weighted by atomic mass is 10.2. The Morgan fingerprint density at radius 3 is 2.61 bits per heavy atom. The Labute approximate surface area is 141 Å². The smallest absolute Gasteiger partial charge is 0.234 e. The molecule has 1 N–H and O–H groups in total. The van der Waals surface area contributed by atoms with Crippen molar-refractivity contribution in [2.75, 3.05) is 30.5 Å². The number of para-hydroxylation sites is 2. The van der Waals surface area contributed by atoms with E-state index in [0.29, 0.717) is 23.8 Å². The molecule has 0 bridgehead atoms. The summed E-state index contributed by atoms with van der Waals surface area (Å²) in [6.45, 7) is 2.62. The first-order valence-corrected chi connectivity index (χ1v) is 8.54. The van der Waals surface area contributed by atoms with Gasteiger partial charge in [0.05, 0.1) is 25.2 Å². The average molecular weight is 331 g/mol. The van der Waals surface area contributed by atoms with Gasteiger partial charge in [0.2, 0.25) is 5.91 Å². The molecule has 0 heterocycles. The molecule has 1 amide bonds. The summed E-state index contributed by atoms with van der Waals surface area (Å²) in [5.74, 6) is 2.61. The summed E-state index contributed by atoms with van der Waals surface area (Å²) in [6, 6.07) is 15.3. The Morgan fingerprint density at radius 2 is 1.87 bits per heavy atom. The molecule has 0 aliphatic rings. The van der Waals surface area contributed by atoms with Crippen LogP contribution in [0.15, 0.2) is 48.5 Å². The SMILES string of the molecule is COc1ccccc1NC(=O)CSCCOc1ccc(C)cc1. The van der Waals surface area contributed by atoms with Gasteiger partial charge >= 0.3 is 0 Å². The fourth-order valence-electron chi connectivity index (χ4n) is 1.95. The van der Waals surface area contributed by atoms with Crippen molar-refractivity contribution in [3.8, 4) is 11.5 Å². The molecule has 4 nitrogen and oxygen atoms in total. The van der Waals surface area contributed by atoms with Crippen LogP contribution in [0.2, 0.25) is 0 Å². The Bertz CT molecular complexity index is 628. The maximum Gasteiger partial charge on any atom is 0.234 e. The average Bonchev–Trinajstić information content (AvgIpc) is 2.57. The topological polar surface area (TPSA) is 47.6 Å². The van der Waals surface area contributed by atoms with Gasteiger partial charge in [-0.2, -0.15) is 0 Å². The molecule has 0 saturated heterocycles. The van der Waals surface area contributed by atoms with E-state index in [1.807, 2.05) is 55.5 Å². The van der Waals surface area contributed by atoms with Crippen LogP contribution >= 0.6 is 11.8 Å². The van der Waals surface area contributed by atoms with E-state index in [0.717, 1.165) is 11.5 Å². The minimum Gasteiger partial charge on any atom is -0.495 e. The van der Waals surface area contributed by atoms with Gasteiger partial charge in [-0.25, -0.2) is 0 Å². The number of amides is 1. The predicted octanol–water partition coefficient (Wildman–Crippen LogP) is 3.75. The van der Waals surface area contributed by atoms with Gasteiger partial charge in [0.15, 0.2) is 0 Å². The zero-order valence-electron chi connectivity index (χ0n) is 13.4. The third kappa shape index (κ3) is 5.87. The Hall–Kier alpha value is -2.14. The molecule has 0 unspecified atom stereocenters. The number of benzene rings is 2. The number of hydrogen-bond donors (Lipinski definition) is 1. The summed E-state index contributed by atoms with van der Waals surface area (Å²) in [7, 11) is 1.59. The highest BCUT2D eigenvalue weighted by Crippen LogP contribution is 2.23. The van der Waals surface area contributed by atoms with Gasteiger partial charge in [-0.1, -0.05) is 29.8 Å². The second kappa shape index (κ2) is 9.10. The summed E-state index contributed by atoms with van der Waals surface area (Å²) in [5, 5.41) is 2.85. The van der Waals surface area contributed by atoms with E-state index in [1.165, 1.54) is 17.3 Å². The van der Waals surface area contributed by atoms with Gasteiger partial charge < -0.3 is 14.8 Å². The van der Waals surface area contributed by atoms with Crippen LogP contribution < -0.4 is 14.8 Å². The molecule has 122 valence electrons. The summed E-state index contributed by atoms with van der Waals surface area (Å²) >= 11 is 1.54. The molecular weight excluding hydrogens is 310 g/mol. The maximum absolute atomic E-state index is 11.9. The molecule has 0 aliphatic heterocycles. The number of hydrogen-bond acceptors (Lipinski definition) is 4. The minimum atomic E-state index is -0.0464. The highest BCUT2D eigenvalue weighted by Gasteiger charge is 2.06. The van der Waals surface area contributed by atoms with E-state index in [4.69, 9.17) is 9.47 Å². The molecular formula is C18H21NO3S. The second-order valence-electron chi connectivity index (χ2n) is 4.96. The van der Waals surface area contributed by atoms with Crippen molar-refractivity contribution >= 4 is 23.4 Å². The molecule has 0 aliphatic carbocycles. The van der Waals surface area contributed by atoms with Crippen LogP contribution in [0, 0.1) is 6.92 Å². The van der Waals surface area contributed by atoms with Crippen LogP contribution in [0.1, 0.15) is 5.56 Å². The Morgan fingerprint density at radius 1 is 1.13 bits per heavy atom. The van der Waals surface area contributed by atoms with Crippen molar-refractivity contribution in [3.63, 3.8) is 0 Å². The molecule has 23 heavy (non-hydrogen) atoms. The zero-order valence-corrected chi connectivity index (χ0v) is 14.2. The largest absolute Gasteiger partial charge is 0.495 e. The number of carbonyl (C=O) groups excluding carboxylic acids is 1. The number of methoxy groups -OCH3 is 1. The fraction of sp³-hybridized carbons (Fsp3) is 0.278. The number of nitrogens with one attached hydrogen (secondary N) is 1. The first-order chi connectivity index (χ1) is 11.2. The van der Waals surface area contributed by atoms with Crippen LogP contribution in [0.4, 0.5) is 5.69 Å². The summed E-state index contributed by atoms with van der Waals surface area (Å²) in [6.07, 6.45) is 0. The van der Waals surface area contributed by atoms with E-state index < -0.39 is 0 Å². The maximum atomic E-state index is 11.9. The lowest BCUT2D eigenvalue weighted by molar-refractivity contribution is -0.113. The van der Waals surface area contributed by atoms with E-state index in [-0.39, 0.29) is 5.91 Å². The standard InChI is InChI=1S/C18H21NO3S/c1-14-7-9-15(10-8-14)22-11-12-23-13-18(20)19-16-5-3-4-6-17(16)21-2/h3-10H,11-13H2,1-2H3,(H,19,20). The molecule has 2 aromatic rings. The molecule has 2 aromatic carbocycles. The molecule has 5 heteroatoms. The Balaban J connectivity index is 1.66. The highest BCUT2D eigenvalue weighted by molar-refractivity contribution is 7.99. The molecule has 2 rings (SSSR count). The number of rotatable bonds is 8. The van der Waals surface area contributed by atoms with E-state index >= 15 is 0 Å². The molecule has 0 atom stereocenters. The van der Waals surface area contributed by atoms with E-state index in [1.54, 1.807) is 7.11 Å². The normalized spacial score (nSPS) is 10.2. The number of aryl methyl sites for hydroxylation is 1. The first kappa shape index (κ1) is 17.2. The predicted molar refractivity (Wildman–Crippen MR) is 95.6 cm³/mol. The van der Waals surface area contributed by atoms with Gasteiger partial charge in [-0.15, -0.1) is 11.8 Å². The molecule has 0 aromatic heterocycles. The lowest BCUT2D eigenvalue weighted by Gasteiger charge is -2.10. The van der Waals surface area contributed by atoms with E-state index in [2.05, 4.69) is 5.32 Å². The highest BCUT2D eigenvalue weighted by atomic mass is 32.2. The summed E-state index contributed by atoms with van der Waals surface area (Å²) in [4.78, 5) is 11.9. The van der Waals surface area contributed by atoms with Crippen LogP contribution in [0.3, 0.4) is 0 Å². The van der Waals surface area contributed by atoms with Gasteiger partial charge in [0.1, 0.15) is 11.5 Å². The minimum absolute atomic E-state index is 0.0464. The first-order valence-electron chi connectivity index (χ1n) is 7.39. The van der Waals surface area contributed by atoms with Gasteiger partial charge in [0.25, 0.3) is 0 Å². The van der Waals surface area contributed by atoms with Crippen molar-refractivity contribution in [2.45, 2.75) is 6.92 Å². The molecule has 0 saturated carbocycles. The Kier molecular flexibility index (Phi) is 6.81. The molecule has 0 radical (unpaired) electrons. The quantitative estimate of drug-likeness (QED) is 0.748. The molecule has 0 fully saturated rings. The lowest BCUT2D eigenvalue weighted by Crippen LogP contribution is -2.15. The van der Waals surface area contributed by atoms with Gasteiger partial charge in [-0.3, -0.25) is 4.79 Å². The van der Waals surface area contributed by atoms with Crippen LogP contribution in [0.25, 0.3) is 0 Å². The van der Waals surface area contributed by atoms with Crippen molar-refractivity contribution in [3.05, 3.63) is 54.1 Å². The number of thioether (sulfide) groups is 1. The van der Waals surface area contributed by atoms with E-state index in [9.17, 15) is 4.79 Å². The van der Waals surface area contributed by atoms with Crippen molar-refractivity contribution in [1.82, 2.24) is 0 Å². The third-order valence-corrected chi connectivity index (χ3v) is 4.05. The number of ether oxygens (including phenoxy) is 2. The zero-order chi connectivity index (χ0) is 16.5. The molecule has 0 spiro atoms. The number of anilines is 1. The fourth-order valence-corrected chi connectivity index (χ4v) is 2.56. The van der Waals surface area contributed by atoms with Crippen LogP contribution in [-0.2, 0) is 4.79 Å². The van der Waals surface area contributed by atoms with Gasteiger partial charge in [-0.05, 0) is 31.2 Å². The number of carbonyl (C=O) groups is 1. The van der Waals surface area contributed by atoms with Crippen LogP contribution in [-0.4, -0.2) is 31.1 Å². The monoisotopic (exact) mass is 331 g/mol. The third-order valence-electron chi connectivity index (χ3n) is 3.13. The van der Waals surface area contributed by atoms with Gasteiger partial charge in [0, 0.05) is 5.75 Å². The van der Waals surface area contributed by atoms with Crippen molar-refractivity contribution in [1.29, 1.82) is 0 Å². The van der Waals surface area contributed by atoms with Crippen LogP contribution in [0.5, 0.6) is 11.5 Å².